The lowest BCUT2D eigenvalue weighted by Gasteiger charge is -2.27. The molecule has 6 rings (SSSR count). The van der Waals surface area contributed by atoms with Crippen molar-refractivity contribution in [2.24, 2.45) is 0 Å². The van der Waals surface area contributed by atoms with Crippen LogP contribution >= 0.6 is 0 Å². The van der Waals surface area contributed by atoms with Crippen LogP contribution in [0.4, 0.5) is 17.3 Å². The van der Waals surface area contributed by atoms with Crippen molar-refractivity contribution in [3.8, 4) is 11.3 Å². The molecular weight excluding hydrogens is 616 g/mol. The largest absolute Gasteiger partial charge is 0.381 e. The van der Waals surface area contributed by atoms with E-state index in [0.717, 1.165) is 27.9 Å². The lowest BCUT2D eigenvalue weighted by molar-refractivity contribution is -0.126. The van der Waals surface area contributed by atoms with Crippen molar-refractivity contribution in [2.45, 2.75) is 45.3 Å². The molecule has 0 bridgehead atoms. The standard InChI is InChI=1S/C38H38N8O3/c1-23(2)35-43-31-20-26(36(48)39-4)13-15-32(31)46(35)33(19-25-9-6-5-7-10-25)34(47)37(49)42-28-14-12-24(3)30(21-28)45-38-41-18-16-29(44-38)27-11-8-17-40-22-27/h5-18,20-23,33-34,47H,19H2,1-4H3,(H,39,48)(H,42,49)(H,41,44,45)/t33-,34+/m1/s1. The molecule has 11 nitrogen and oxygen atoms in total. The molecule has 248 valence electrons. The van der Waals surface area contributed by atoms with Gasteiger partial charge in [-0.05, 0) is 73.0 Å². The quantitative estimate of drug-likeness (QED) is 0.129. The van der Waals surface area contributed by atoms with E-state index in [4.69, 9.17) is 4.98 Å². The van der Waals surface area contributed by atoms with Gasteiger partial charge in [0.1, 0.15) is 5.82 Å². The number of imidazole rings is 1. The topological polar surface area (TPSA) is 147 Å². The van der Waals surface area contributed by atoms with Crippen molar-refractivity contribution < 1.29 is 14.7 Å². The van der Waals surface area contributed by atoms with Crippen LogP contribution in [-0.4, -0.2) is 54.6 Å². The number of amides is 2. The number of rotatable bonds is 11. The van der Waals surface area contributed by atoms with Gasteiger partial charge in [-0.2, -0.15) is 0 Å². The zero-order chi connectivity index (χ0) is 34.5. The van der Waals surface area contributed by atoms with Crippen molar-refractivity contribution in [2.75, 3.05) is 17.7 Å². The third kappa shape index (κ3) is 7.31. The summed E-state index contributed by atoms with van der Waals surface area (Å²) in [6.45, 7) is 5.97. The van der Waals surface area contributed by atoms with Gasteiger partial charge in [0.25, 0.3) is 11.8 Å². The number of nitrogens with zero attached hydrogens (tertiary/aromatic N) is 5. The molecule has 0 unspecified atom stereocenters. The average molecular weight is 655 g/mol. The number of pyridine rings is 1. The second-order valence-electron chi connectivity index (χ2n) is 12.1. The number of aliphatic hydroxyl groups is 1. The predicted octanol–water partition coefficient (Wildman–Crippen LogP) is 6.21. The average Bonchev–Trinajstić information content (AvgIpc) is 3.51. The van der Waals surface area contributed by atoms with Crippen LogP contribution in [0, 0.1) is 6.92 Å². The van der Waals surface area contributed by atoms with Gasteiger partial charge in [0.05, 0.1) is 22.8 Å². The number of aryl methyl sites for hydroxylation is 1. The first kappa shape index (κ1) is 33.0. The van der Waals surface area contributed by atoms with E-state index in [1.807, 2.05) is 86.0 Å². The number of aromatic nitrogens is 5. The van der Waals surface area contributed by atoms with E-state index in [1.54, 1.807) is 49.9 Å². The fraction of sp³-hybridized carbons (Fsp3) is 0.211. The summed E-state index contributed by atoms with van der Waals surface area (Å²) in [6, 6.07) is 25.4. The molecular formula is C38H38N8O3. The van der Waals surface area contributed by atoms with Crippen molar-refractivity contribution in [1.82, 2.24) is 29.8 Å². The Bertz CT molecular complexity index is 2100. The smallest absolute Gasteiger partial charge is 0.255 e. The Kier molecular flexibility index (Phi) is 9.72. The third-order valence-electron chi connectivity index (χ3n) is 8.34. The molecule has 2 amide bonds. The summed E-state index contributed by atoms with van der Waals surface area (Å²) in [5.74, 6) is 0.274. The molecule has 11 heteroatoms. The number of aliphatic hydroxyl groups excluding tert-OH is 1. The minimum absolute atomic E-state index is 0.0333. The first-order valence-corrected chi connectivity index (χ1v) is 16.1. The predicted molar refractivity (Wildman–Crippen MR) is 191 cm³/mol. The van der Waals surface area contributed by atoms with Gasteiger partial charge < -0.3 is 25.6 Å². The number of nitrogens with one attached hydrogen (secondary N) is 3. The van der Waals surface area contributed by atoms with Crippen LogP contribution in [0.1, 0.15) is 53.1 Å². The molecule has 0 saturated heterocycles. The highest BCUT2D eigenvalue weighted by molar-refractivity contribution is 5.98. The molecule has 3 aromatic carbocycles. The fourth-order valence-electron chi connectivity index (χ4n) is 5.80. The van der Waals surface area contributed by atoms with Gasteiger partial charge in [-0.15, -0.1) is 0 Å². The van der Waals surface area contributed by atoms with Gasteiger partial charge in [-0.25, -0.2) is 15.0 Å². The Hall–Kier alpha value is -5.94. The van der Waals surface area contributed by atoms with Gasteiger partial charge in [0.15, 0.2) is 6.10 Å². The van der Waals surface area contributed by atoms with E-state index in [1.165, 1.54) is 0 Å². The van der Waals surface area contributed by atoms with Crippen LogP contribution in [0.15, 0.2) is 104 Å². The number of carbonyl (C=O) groups excluding carboxylic acids is 2. The molecule has 6 aromatic rings. The Morgan fingerprint density at radius 1 is 0.918 bits per heavy atom. The van der Waals surface area contributed by atoms with Crippen LogP contribution in [0.3, 0.4) is 0 Å². The SMILES string of the molecule is CNC(=O)c1ccc2c(c1)nc(C(C)C)n2[C@H](Cc1ccccc1)[C@H](O)C(=O)Nc1ccc(C)c(Nc2nccc(-c3cccnc3)n2)c1. The third-order valence-corrected chi connectivity index (χ3v) is 8.34. The van der Waals surface area contributed by atoms with Gasteiger partial charge in [0.2, 0.25) is 5.95 Å². The lowest BCUT2D eigenvalue weighted by Crippen LogP contribution is -2.38. The molecule has 0 radical (unpaired) electrons. The number of anilines is 3. The maximum atomic E-state index is 13.9. The summed E-state index contributed by atoms with van der Waals surface area (Å²) in [4.78, 5) is 44.4. The van der Waals surface area contributed by atoms with E-state index in [-0.39, 0.29) is 11.8 Å². The van der Waals surface area contributed by atoms with Crippen LogP contribution in [-0.2, 0) is 11.2 Å². The van der Waals surface area contributed by atoms with Crippen molar-refractivity contribution in [1.29, 1.82) is 0 Å². The summed E-state index contributed by atoms with van der Waals surface area (Å²) in [5, 5.41) is 20.7. The monoisotopic (exact) mass is 654 g/mol. The number of benzene rings is 3. The van der Waals surface area contributed by atoms with Crippen molar-refractivity contribution >= 4 is 40.2 Å². The van der Waals surface area contributed by atoms with Gasteiger partial charge in [0, 0.05) is 54.1 Å². The lowest BCUT2D eigenvalue weighted by atomic mass is 9.99. The van der Waals surface area contributed by atoms with Crippen molar-refractivity contribution in [3.05, 3.63) is 126 Å². The molecule has 49 heavy (non-hydrogen) atoms. The molecule has 3 heterocycles. The first-order chi connectivity index (χ1) is 23.7. The summed E-state index contributed by atoms with van der Waals surface area (Å²) >= 11 is 0. The molecule has 2 atom stereocenters. The van der Waals surface area contributed by atoms with Gasteiger partial charge in [-0.3, -0.25) is 14.6 Å². The van der Waals surface area contributed by atoms with Crippen LogP contribution in [0.5, 0.6) is 0 Å². The van der Waals surface area contributed by atoms with Gasteiger partial charge >= 0.3 is 0 Å². The highest BCUT2D eigenvalue weighted by Gasteiger charge is 2.32. The summed E-state index contributed by atoms with van der Waals surface area (Å²) in [5.41, 5.74) is 6.46. The number of hydrogen-bond acceptors (Lipinski definition) is 8. The Morgan fingerprint density at radius 2 is 1.73 bits per heavy atom. The Labute approximate surface area is 284 Å². The Balaban J connectivity index is 1.31. The van der Waals surface area contributed by atoms with Gasteiger partial charge in [-0.1, -0.05) is 50.2 Å². The molecule has 4 N–H and O–H groups in total. The molecule has 0 saturated carbocycles. The molecule has 0 fully saturated rings. The van der Waals surface area contributed by atoms with Crippen LogP contribution in [0.25, 0.3) is 22.3 Å². The zero-order valence-corrected chi connectivity index (χ0v) is 27.8. The second kappa shape index (κ2) is 14.4. The minimum atomic E-state index is -1.45. The first-order valence-electron chi connectivity index (χ1n) is 16.1. The Morgan fingerprint density at radius 3 is 2.47 bits per heavy atom. The minimum Gasteiger partial charge on any atom is -0.381 e. The highest BCUT2D eigenvalue weighted by Crippen LogP contribution is 2.32. The van der Waals surface area contributed by atoms with Crippen molar-refractivity contribution in [3.63, 3.8) is 0 Å². The molecule has 0 aliphatic heterocycles. The second-order valence-corrected chi connectivity index (χ2v) is 12.1. The maximum absolute atomic E-state index is 13.9. The van der Waals surface area contributed by atoms with E-state index >= 15 is 0 Å². The summed E-state index contributed by atoms with van der Waals surface area (Å²) < 4.78 is 1.94. The number of hydrogen-bond donors (Lipinski definition) is 4. The molecule has 0 aliphatic rings. The molecule has 3 aromatic heterocycles. The number of carbonyl (C=O) groups is 2. The fourth-order valence-corrected chi connectivity index (χ4v) is 5.80. The van der Waals surface area contributed by atoms with Crippen LogP contribution < -0.4 is 16.0 Å². The molecule has 0 spiro atoms. The van der Waals surface area contributed by atoms with Crippen LogP contribution in [0.2, 0.25) is 0 Å². The van der Waals surface area contributed by atoms with E-state index in [0.29, 0.717) is 40.6 Å². The zero-order valence-electron chi connectivity index (χ0n) is 27.8. The summed E-state index contributed by atoms with van der Waals surface area (Å²) in [6.07, 6.45) is 4.03. The van der Waals surface area contributed by atoms with E-state index < -0.39 is 18.1 Å². The molecule has 0 aliphatic carbocycles. The van der Waals surface area contributed by atoms with E-state index in [2.05, 4.69) is 30.9 Å². The number of fused-ring (bicyclic) bond motifs is 1. The maximum Gasteiger partial charge on any atom is 0.255 e. The summed E-state index contributed by atoms with van der Waals surface area (Å²) in [7, 11) is 1.58. The van der Waals surface area contributed by atoms with E-state index in [9.17, 15) is 14.7 Å². The highest BCUT2D eigenvalue weighted by atomic mass is 16.3. The normalized spacial score (nSPS) is 12.4.